The summed E-state index contributed by atoms with van der Waals surface area (Å²) in [5, 5.41) is 7.45. The number of amides is 1. The number of aromatic amines is 1. The highest BCUT2D eigenvalue weighted by atomic mass is 16.2. The number of pyridine rings is 1. The van der Waals surface area contributed by atoms with Crippen LogP contribution in [0.5, 0.6) is 0 Å². The van der Waals surface area contributed by atoms with Crippen molar-refractivity contribution >= 4 is 11.7 Å². The van der Waals surface area contributed by atoms with Crippen molar-refractivity contribution in [3.63, 3.8) is 0 Å². The third kappa shape index (κ3) is 4.33. The summed E-state index contributed by atoms with van der Waals surface area (Å²) in [6.07, 6.45) is 10.9. The normalized spacial score (nSPS) is 15.0. The van der Waals surface area contributed by atoms with Crippen molar-refractivity contribution in [1.82, 2.24) is 29.6 Å². The standard InChI is InChI=1S/C19H23N7O/c27-19(25-10-4-15(5-11-25)14-26-9-1-6-24-26)16-2-3-17(22-12-16)23-13-18-20-7-8-21-18/h1-3,6-9,12,15H,4-5,10-11,13-14H2,(H,20,21)(H,22,23). The van der Waals surface area contributed by atoms with Crippen molar-refractivity contribution in [3.05, 3.63) is 60.6 Å². The number of likely N-dealkylation sites (tertiary alicyclic amines) is 1. The van der Waals surface area contributed by atoms with Gasteiger partial charge in [-0.2, -0.15) is 5.10 Å². The lowest BCUT2D eigenvalue weighted by Gasteiger charge is -2.32. The van der Waals surface area contributed by atoms with Crippen LogP contribution in [0.1, 0.15) is 29.0 Å². The maximum Gasteiger partial charge on any atom is 0.255 e. The van der Waals surface area contributed by atoms with Gasteiger partial charge >= 0.3 is 0 Å². The number of rotatable bonds is 6. The summed E-state index contributed by atoms with van der Waals surface area (Å²) in [4.78, 5) is 26.2. The molecular formula is C19H23N7O. The number of anilines is 1. The van der Waals surface area contributed by atoms with E-state index in [1.54, 1.807) is 24.8 Å². The van der Waals surface area contributed by atoms with Gasteiger partial charge in [0.05, 0.1) is 12.1 Å². The van der Waals surface area contributed by atoms with Crippen LogP contribution in [0.15, 0.2) is 49.2 Å². The number of hydrogen-bond donors (Lipinski definition) is 2. The number of H-pyrrole nitrogens is 1. The van der Waals surface area contributed by atoms with Crippen molar-refractivity contribution < 1.29 is 4.79 Å². The van der Waals surface area contributed by atoms with E-state index in [4.69, 9.17) is 0 Å². The Balaban J connectivity index is 1.28. The maximum absolute atomic E-state index is 12.7. The summed E-state index contributed by atoms with van der Waals surface area (Å²) >= 11 is 0. The van der Waals surface area contributed by atoms with Crippen LogP contribution in [-0.4, -0.2) is 48.6 Å². The van der Waals surface area contributed by atoms with E-state index >= 15 is 0 Å². The molecule has 0 atom stereocenters. The van der Waals surface area contributed by atoms with Crippen LogP contribution in [0.2, 0.25) is 0 Å². The Kier molecular flexibility index (Phi) is 5.13. The van der Waals surface area contributed by atoms with E-state index in [1.165, 1.54) is 0 Å². The molecule has 1 amide bonds. The van der Waals surface area contributed by atoms with Crippen LogP contribution in [0.4, 0.5) is 5.82 Å². The molecule has 0 radical (unpaired) electrons. The molecule has 0 aromatic carbocycles. The van der Waals surface area contributed by atoms with E-state index < -0.39 is 0 Å². The van der Waals surface area contributed by atoms with Crippen molar-refractivity contribution in [3.8, 4) is 0 Å². The van der Waals surface area contributed by atoms with Crippen molar-refractivity contribution in [2.24, 2.45) is 5.92 Å². The predicted molar refractivity (Wildman–Crippen MR) is 101 cm³/mol. The van der Waals surface area contributed by atoms with E-state index in [0.717, 1.165) is 44.1 Å². The highest BCUT2D eigenvalue weighted by Gasteiger charge is 2.24. The summed E-state index contributed by atoms with van der Waals surface area (Å²) in [5.41, 5.74) is 0.629. The molecule has 0 bridgehead atoms. The highest BCUT2D eigenvalue weighted by Crippen LogP contribution is 2.20. The molecule has 1 aliphatic heterocycles. The Bertz CT molecular complexity index is 835. The molecule has 27 heavy (non-hydrogen) atoms. The first-order valence-electron chi connectivity index (χ1n) is 9.23. The number of hydrogen-bond acceptors (Lipinski definition) is 5. The third-order valence-corrected chi connectivity index (χ3v) is 4.91. The molecule has 2 N–H and O–H groups in total. The molecule has 8 nitrogen and oxygen atoms in total. The number of piperidine rings is 1. The molecule has 1 aliphatic rings. The molecule has 1 fully saturated rings. The van der Waals surface area contributed by atoms with Gasteiger partial charge in [0.15, 0.2) is 0 Å². The van der Waals surface area contributed by atoms with Gasteiger partial charge in [-0.25, -0.2) is 9.97 Å². The number of carbonyl (C=O) groups is 1. The van der Waals surface area contributed by atoms with Crippen LogP contribution in [0.3, 0.4) is 0 Å². The molecule has 0 spiro atoms. The highest BCUT2D eigenvalue weighted by molar-refractivity contribution is 5.94. The number of nitrogens with one attached hydrogen (secondary N) is 2. The first-order valence-corrected chi connectivity index (χ1v) is 9.23. The zero-order valence-corrected chi connectivity index (χ0v) is 15.1. The Labute approximate surface area is 157 Å². The van der Waals surface area contributed by atoms with Crippen LogP contribution < -0.4 is 5.32 Å². The average Bonchev–Trinajstić information content (AvgIpc) is 3.41. The molecule has 3 aromatic rings. The minimum Gasteiger partial charge on any atom is -0.363 e. The largest absolute Gasteiger partial charge is 0.363 e. The summed E-state index contributed by atoms with van der Waals surface area (Å²) in [7, 11) is 0. The van der Waals surface area contributed by atoms with Gasteiger partial charge in [-0.1, -0.05) is 0 Å². The molecule has 1 saturated heterocycles. The van der Waals surface area contributed by atoms with E-state index in [1.807, 2.05) is 34.0 Å². The fraction of sp³-hybridized carbons (Fsp3) is 0.368. The minimum absolute atomic E-state index is 0.0534. The Morgan fingerprint density at radius 1 is 1.22 bits per heavy atom. The lowest BCUT2D eigenvalue weighted by molar-refractivity contribution is 0.0681. The second-order valence-electron chi connectivity index (χ2n) is 6.79. The number of aromatic nitrogens is 5. The fourth-order valence-corrected chi connectivity index (χ4v) is 3.37. The molecule has 0 aliphatic carbocycles. The second-order valence-corrected chi connectivity index (χ2v) is 6.79. The Hall–Kier alpha value is -3.16. The summed E-state index contributed by atoms with van der Waals surface area (Å²) < 4.78 is 1.97. The van der Waals surface area contributed by atoms with E-state index in [-0.39, 0.29) is 5.91 Å². The smallest absolute Gasteiger partial charge is 0.255 e. The monoisotopic (exact) mass is 365 g/mol. The van der Waals surface area contributed by atoms with E-state index in [0.29, 0.717) is 18.0 Å². The Morgan fingerprint density at radius 3 is 2.78 bits per heavy atom. The molecule has 0 unspecified atom stereocenters. The van der Waals surface area contributed by atoms with Crippen LogP contribution in [-0.2, 0) is 13.1 Å². The lowest BCUT2D eigenvalue weighted by Crippen LogP contribution is -2.39. The van der Waals surface area contributed by atoms with E-state index in [2.05, 4.69) is 25.4 Å². The molecule has 4 rings (SSSR count). The van der Waals surface area contributed by atoms with Gasteiger partial charge in [0, 0.05) is 50.6 Å². The van der Waals surface area contributed by atoms with Gasteiger partial charge in [0.2, 0.25) is 0 Å². The molecule has 3 aromatic heterocycles. The van der Waals surface area contributed by atoms with Gasteiger partial charge < -0.3 is 15.2 Å². The van der Waals surface area contributed by atoms with Gasteiger partial charge in [0.25, 0.3) is 5.91 Å². The number of carbonyl (C=O) groups excluding carboxylic acids is 1. The molecule has 0 saturated carbocycles. The van der Waals surface area contributed by atoms with Gasteiger partial charge in [-0.05, 0) is 37.0 Å². The van der Waals surface area contributed by atoms with Crippen LogP contribution in [0.25, 0.3) is 0 Å². The van der Waals surface area contributed by atoms with Crippen LogP contribution in [0, 0.1) is 5.92 Å². The first kappa shape index (κ1) is 17.3. The first-order chi connectivity index (χ1) is 13.3. The van der Waals surface area contributed by atoms with Crippen LogP contribution >= 0.6 is 0 Å². The van der Waals surface area contributed by atoms with Gasteiger partial charge in [0.1, 0.15) is 11.6 Å². The zero-order chi connectivity index (χ0) is 18.5. The zero-order valence-electron chi connectivity index (χ0n) is 15.1. The Morgan fingerprint density at radius 2 is 2.11 bits per heavy atom. The molecule has 4 heterocycles. The quantitative estimate of drug-likeness (QED) is 0.698. The number of nitrogens with zero attached hydrogens (tertiary/aromatic N) is 5. The second kappa shape index (κ2) is 8.03. The predicted octanol–water partition coefficient (Wildman–Crippen LogP) is 2.17. The minimum atomic E-state index is 0.0534. The third-order valence-electron chi connectivity index (χ3n) is 4.91. The van der Waals surface area contributed by atoms with Crippen molar-refractivity contribution in [2.75, 3.05) is 18.4 Å². The summed E-state index contributed by atoms with van der Waals surface area (Å²) in [5.74, 6) is 2.19. The van der Waals surface area contributed by atoms with Gasteiger partial charge in [-0.3, -0.25) is 9.48 Å². The average molecular weight is 365 g/mol. The molecular weight excluding hydrogens is 342 g/mol. The topological polar surface area (TPSA) is 91.7 Å². The lowest BCUT2D eigenvalue weighted by atomic mass is 9.96. The number of imidazole rings is 1. The van der Waals surface area contributed by atoms with Crippen molar-refractivity contribution in [1.29, 1.82) is 0 Å². The fourth-order valence-electron chi connectivity index (χ4n) is 3.37. The van der Waals surface area contributed by atoms with Crippen molar-refractivity contribution in [2.45, 2.75) is 25.9 Å². The molecule has 8 heteroatoms. The van der Waals surface area contributed by atoms with Gasteiger partial charge in [-0.15, -0.1) is 0 Å². The summed E-state index contributed by atoms with van der Waals surface area (Å²) in [6.45, 7) is 3.05. The summed E-state index contributed by atoms with van der Waals surface area (Å²) in [6, 6.07) is 5.61. The SMILES string of the molecule is O=C(c1ccc(NCc2ncc[nH]2)nc1)N1CCC(Cn2cccn2)CC1. The maximum atomic E-state index is 12.7. The van der Waals surface area contributed by atoms with E-state index in [9.17, 15) is 4.79 Å². The molecule has 140 valence electrons.